The third kappa shape index (κ3) is 5.38. The maximum absolute atomic E-state index is 13.6. The molecule has 0 saturated heterocycles. The molecule has 2 atom stereocenters. The van der Waals surface area contributed by atoms with Gasteiger partial charge in [0.1, 0.15) is 5.75 Å². The van der Waals surface area contributed by atoms with E-state index in [1.807, 2.05) is 55.8 Å². The van der Waals surface area contributed by atoms with Crippen LogP contribution in [0.25, 0.3) is 16.9 Å². The molecule has 202 valence electrons. The van der Waals surface area contributed by atoms with Crippen molar-refractivity contribution in [3.05, 3.63) is 72.5 Å². The lowest BCUT2D eigenvalue weighted by atomic mass is 10.1. The Morgan fingerprint density at radius 3 is 2.79 bits per heavy atom. The van der Waals surface area contributed by atoms with Crippen LogP contribution in [0.1, 0.15) is 55.9 Å². The number of methoxy groups -OCH3 is 1. The second-order valence-corrected chi connectivity index (χ2v) is 9.23. The smallest absolute Gasteiger partial charge is 0.318 e. The molecule has 0 radical (unpaired) electrons. The molecule has 1 N–H and O–H groups in total. The summed E-state index contributed by atoms with van der Waals surface area (Å²) in [4.78, 5) is 38.1. The van der Waals surface area contributed by atoms with E-state index < -0.39 is 0 Å². The van der Waals surface area contributed by atoms with Gasteiger partial charge in [0.15, 0.2) is 0 Å². The molecule has 0 spiro atoms. The number of aromatic nitrogens is 6. The Bertz CT molecular complexity index is 1500. The number of rotatable bonds is 3. The number of nitrogens with one attached hydrogen (secondary N) is 1. The number of ether oxygens (including phenoxy) is 2. The van der Waals surface area contributed by atoms with E-state index in [2.05, 4.69) is 25.3 Å². The Labute approximate surface area is 227 Å². The minimum Gasteiger partial charge on any atom is -0.494 e. The topological polar surface area (TPSA) is 120 Å². The van der Waals surface area contributed by atoms with Crippen molar-refractivity contribution < 1.29 is 14.3 Å². The molecular weight excluding hydrogens is 496 g/mol. The zero-order valence-corrected chi connectivity index (χ0v) is 22.5. The average molecular weight is 529 g/mol. The van der Waals surface area contributed by atoms with Crippen LogP contribution in [0.4, 0.5) is 4.79 Å². The number of carbonyl (C=O) groups is 1. The van der Waals surface area contributed by atoms with Gasteiger partial charge in [-0.3, -0.25) is 15.0 Å². The molecule has 4 aromatic heterocycles. The normalized spacial score (nSPS) is 19.2. The van der Waals surface area contributed by atoms with Crippen LogP contribution in [0, 0.1) is 6.92 Å². The number of imidazole rings is 1. The van der Waals surface area contributed by atoms with Crippen molar-refractivity contribution in [3.8, 4) is 22.9 Å². The Kier molecular flexibility index (Phi) is 7.67. The van der Waals surface area contributed by atoms with Crippen molar-refractivity contribution in [1.29, 1.82) is 0 Å². The number of amides is 2. The molecule has 39 heavy (non-hydrogen) atoms. The van der Waals surface area contributed by atoms with E-state index in [0.717, 1.165) is 17.0 Å². The lowest BCUT2D eigenvalue weighted by molar-refractivity contribution is 0.177. The maximum atomic E-state index is 13.6. The monoisotopic (exact) mass is 528 g/mol. The summed E-state index contributed by atoms with van der Waals surface area (Å²) in [5.74, 6) is 0.999. The van der Waals surface area contributed by atoms with Crippen molar-refractivity contribution in [2.75, 3.05) is 20.3 Å². The summed E-state index contributed by atoms with van der Waals surface area (Å²) in [7, 11) is 1.60. The van der Waals surface area contributed by atoms with Gasteiger partial charge in [-0.2, -0.15) is 0 Å². The summed E-state index contributed by atoms with van der Waals surface area (Å²) in [5, 5.41) is 3.18. The third-order valence-corrected chi connectivity index (χ3v) is 6.83. The number of hydrogen-bond acceptors (Lipinski definition) is 8. The minimum atomic E-state index is -0.346. The van der Waals surface area contributed by atoms with Gasteiger partial charge < -0.3 is 24.1 Å². The van der Waals surface area contributed by atoms with Crippen molar-refractivity contribution in [2.45, 2.75) is 45.7 Å². The molecule has 1 unspecified atom stereocenters. The zero-order valence-electron chi connectivity index (χ0n) is 22.5. The van der Waals surface area contributed by atoms with Crippen LogP contribution in [0.3, 0.4) is 0 Å². The Morgan fingerprint density at radius 2 is 2.00 bits per heavy atom. The predicted octanol–water partition coefficient (Wildman–Crippen LogP) is 4.46. The molecule has 0 saturated carbocycles. The van der Waals surface area contributed by atoms with Crippen LogP contribution in [0.5, 0.6) is 11.6 Å². The molecule has 4 bridgehead atoms. The van der Waals surface area contributed by atoms with Crippen molar-refractivity contribution in [2.24, 2.45) is 0 Å². The first-order chi connectivity index (χ1) is 19.0. The average Bonchev–Trinajstić information content (AvgIpc) is 3.43. The standard InChI is InChI=1S/C28H32N8O3/c1-5-36-19(3)22-15-20(24(38-4)16-32-22)23-17-35-13-12-31-26(35)27(33-23)39-14-8-6-7-9-21(34-28(36)37)25-18(2)29-10-11-30-25/h6-7,10-13,15-17,19,21H,5,8-9,14H2,1-4H3,(H,34,37)/b7-6+/t19-,21?/m1/s1. The summed E-state index contributed by atoms with van der Waals surface area (Å²) < 4.78 is 13.6. The first-order valence-corrected chi connectivity index (χ1v) is 13.0. The number of hydrogen-bond donors (Lipinski definition) is 1. The lowest BCUT2D eigenvalue weighted by Gasteiger charge is -2.30. The number of nitrogens with zero attached hydrogens (tertiary/aromatic N) is 7. The number of pyridine rings is 1. The fourth-order valence-corrected chi connectivity index (χ4v) is 4.74. The van der Waals surface area contributed by atoms with Crippen LogP contribution in [-0.4, -0.2) is 60.5 Å². The van der Waals surface area contributed by atoms with Gasteiger partial charge in [-0.05, 0) is 39.7 Å². The highest BCUT2D eigenvalue weighted by atomic mass is 16.5. The molecule has 5 heterocycles. The van der Waals surface area contributed by atoms with E-state index in [-0.39, 0.29) is 18.1 Å². The van der Waals surface area contributed by atoms with E-state index >= 15 is 0 Å². The van der Waals surface area contributed by atoms with Gasteiger partial charge in [0.25, 0.3) is 5.88 Å². The van der Waals surface area contributed by atoms with Crippen LogP contribution in [-0.2, 0) is 0 Å². The summed E-state index contributed by atoms with van der Waals surface area (Å²) in [6.07, 6.45) is 15.7. The van der Waals surface area contributed by atoms with Gasteiger partial charge in [-0.25, -0.2) is 14.8 Å². The van der Waals surface area contributed by atoms with Crippen molar-refractivity contribution in [1.82, 2.24) is 39.5 Å². The van der Waals surface area contributed by atoms with E-state index in [4.69, 9.17) is 14.5 Å². The SMILES string of the molecule is CCN1C(=O)NC(c2nccnc2C)C/C=C/CCOc2nc(cn3ccnc23)-c2cc(ncc2OC)[C@H]1C. The van der Waals surface area contributed by atoms with Gasteiger partial charge in [0.2, 0.25) is 5.65 Å². The molecule has 5 rings (SSSR count). The molecule has 4 aromatic rings. The van der Waals surface area contributed by atoms with Crippen molar-refractivity contribution >= 4 is 11.7 Å². The summed E-state index contributed by atoms with van der Waals surface area (Å²) in [6.45, 7) is 6.70. The number of carbonyl (C=O) groups excluding carboxylic acids is 1. The van der Waals surface area contributed by atoms with Crippen LogP contribution in [0.2, 0.25) is 0 Å². The molecular formula is C28H32N8O3. The minimum absolute atomic E-state index is 0.208. The Balaban J connectivity index is 1.59. The zero-order chi connectivity index (χ0) is 27.4. The van der Waals surface area contributed by atoms with Gasteiger partial charge in [-0.1, -0.05) is 12.2 Å². The first kappa shape index (κ1) is 26.1. The van der Waals surface area contributed by atoms with Gasteiger partial charge in [0, 0.05) is 43.1 Å². The lowest BCUT2D eigenvalue weighted by Crippen LogP contribution is -2.43. The molecule has 0 aromatic carbocycles. The number of fused-ring (bicyclic) bond motifs is 7. The number of urea groups is 1. The first-order valence-electron chi connectivity index (χ1n) is 13.0. The molecule has 0 fully saturated rings. The van der Waals surface area contributed by atoms with Crippen LogP contribution >= 0.6 is 0 Å². The molecule has 11 heteroatoms. The van der Waals surface area contributed by atoms with E-state index in [0.29, 0.717) is 54.7 Å². The molecule has 2 amide bonds. The van der Waals surface area contributed by atoms with E-state index in [9.17, 15) is 4.79 Å². The van der Waals surface area contributed by atoms with Crippen molar-refractivity contribution in [3.63, 3.8) is 0 Å². The summed E-state index contributed by atoms with van der Waals surface area (Å²) >= 11 is 0. The highest BCUT2D eigenvalue weighted by Crippen LogP contribution is 2.33. The molecule has 1 aliphatic heterocycles. The van der Waals surface area contributed by atoms with E-state index in [1.54, 1.807) is 36.8 Å². The third-order valence-electron chi connectivity index (χ3n) is 6.83. The predicted molar refractivity (Wildman–Crippen MR) is 145 cm³/mol. The number of aryl methyl sites for hydroxylation is 1. The second-order valence-electron chi connectivity index (χ2n) is 9.23. The quantitative estimate of drug-likeness (QED) is 0.387. The largest absolute Gasteiger partial charge is 0.494 e. The fraction of sp³-hybridized carbons (Fsp3) is 0.357. The summed E-state index contributed by atoms with van der Waals surface area (Å²) in [5.41, 5.74) is 4.23. The van der Waals surface area contributed by atoms with Crippen LogP contribution < -0.4 is 14.8 Å². The highest BCUT2D eigenvalue weighted by Gasteiger charge is 2.26. The Morgan fingerprint density at radius 1 is 1.15 bits per heavy atom. The Hall–Kier alpha value is -4.54. The van der Waals surface area contributed by atoms with Gasteiger partial charge >= 0.3 is 6.03 Å². The van der Waals surface area contributed by atoms with Crippen LogP contribution in [0.15, 0.2) is 55.4 Å². The molecule has 0 aliphatic carbocycles. The highest BCUT2D eigenvalue weighted by molar-refractivity contribution is 5.75. The van der Waals surface area contributed by atoms with E-state index in [1.165, 1.54) is 0 Å². The summed E-state index contributed by atoms with van der Waals surface area (Å²) in [6, 6.07) is 1.03. The fourth-order valence-electron chi connectivity index (χ4n) is 4.74. The molecule has 1 aliphatic rings. The maximum Gasteiger partial charge on any atom is 0.318 e. The van der Waals surface area contributed by atoms with Gasteiger partial charge in [0.05, 0.1) is 54.8 Å². The molecule has 11 nitrogen and oxygen atoms in total. The second kappa shape index (κ2) is 11.5. The van der Waals surface area contributed by atoms with Gasteiger partial charge in [-0.15, -0.1) is 0 Å².